The number of hydrogen-bond donors (Lipinski definition) is 1. The summed E-state index contributed by atoms with van der Waals surface area (Å²) in [4.78, 5) is 24.7. The molecule has 1 heterocycles. The number of anilines is 1. The lowest BCUT2D eigenvalue weighted by Gasteiger charge is -2.11. The molecule has 0 aliphatic carbocycles. The van der Waals surface area contributed by atoms with Crippen LogP contribution in [0, 0.1) is 13.8 Å². The molecule has 7 heteroatoms. The molecule has 4 aromatic rings. The number of carbonyl (C=O) groups excluding carboxylic acids is 2. The lowest BCUT2D eigenvalue weighted by molar-refractivity contribution is -0.142. The Kier molecular flexibility index (Phi) is 6.73. The molecule has 0 aliphatic heterocycles. The van der Waals surface area contributed by atoms with E-state index in [9.17, 15) is 9.59 Å². The summed E-state index contributed by atoms with van der Waals surface area (Å²) < 4.78 is 11.7. The van der Waals surface area contributed by atoms with E-state index in [1.165, 1.54) is 7.11 Å². The van der Waals surface area contributed by atoms with Crippen LogP contribution in [0.3, 0.4) is 0 Å². The molecule has 1 amide bonds. The molecule has 0 atom stereocenters. The molecule has 3 aromatic carbocycles. The fourth-order valence-corrected chi connectivity index (χ4v) is 3.55. The topological polar surface area (TPSA) is 82.5 Å². The van der Waals surface area contributed by atoms with Crippen LogP contribution in [0.5, 0.6) is 5.75 Å². The first-order valence-corrected chi connectivity index (χ1v) is 10.8. The number of para-hydroxylation sites is 1. The highest BCUT2D eigenvalue weighted by Crippen LogP contribution is 2.28. The van der Waals surface area contributed by atoms with Crippen LogP contribution in [0.15, 0.2) is 79.0 Å². The summed E-state index contributed by atoms with van der Waals surface area (Å²) in [6.07, 6.45) is 1.75. The normalized spacial score (nSPS) is 10.6. The van der Waals surface area contributed by atoms with E-state index in [-0.39, 0.29) is 12.5 Å². The molecule has 1 aromatic heterocycles. The number of aromatic nitrogens is 2. The Morgan fingerprint density at radius 1 is 0.941 bits per heavy atom. The zero-order chi connectivity index (χ0) is 24.1. The molecular formula is C27H25N3O4. The Labute approximate surface area is 197 Å². The van der Waals surface area contributed by atoms with Gasteiger partial charge in [-0.25, -0.2) is 9.48 Å². The maximum atomic E-state index is 13.4. The number of methoxy groups -OCH3 is 1. The minimum Gasteiger partial charge on any atom is -0.482 e. The van der Waals surface area contributed by atoms with Gasteiger partial charge in [0.1, 0.15) is 11.4 Å². The van der Waals surface area contributed by atoms with Gasteiger partial charge in [-0.05, 0) is 55.3 Å². The van der Waals surface area contributed by atoms with Gasteiger partial charge < -0.3 is 14.8 Å². The molecule has 4 rings (SSSR count). The average molecular weight is 456 g/mol. The zero-order valence-corrected chi connectivity index (χ0v) is 19.2. The van der Waals surface area contributed by atoms with Gasteiger partial charge >= 0.3 is 5.97 Å². The summed E-state index contributed by atoms with van der Waals surface area (Å²) >= 11 is 0. The number of rotatable bonds is 7. The van der Waals surface area contributed by atoms with Gasteiger partial charge in [0, 0.05) is 17.4 Å². The number of nitrogens with zero attached hydrogens (tertiary/aromatic N) is 2. The number of nitrogens with one attached hydrogen (secondary N) is 1. The molecule has 0 unspecified atom stereocenters. The van der Waals surface area contributed by atoms with Crippen LogP contribution in [0.1, 0.15) is 21.5 Å². The van der Waals surface area contributed by atoms with E-state index in [2.05, 4.69) is 10.1 Å². The van der Waals surface area contributed by atoms with Crippen LogP contribution in [0.2, 0.25) is 0 Å². The van der Waals surface area contributed by atoms with Gasteiger partial charge in [-0.15, -0.1) is 0 Å². The molecule has 7 nitrogen and oxygen atoms in total. The van der Waals surface area contributed by atoms with Crippen molar-refractivity contribution in [3.8, 4) is 22.7 Å². The number of hydrogen-bond acceptors (Lipinski definition) is 5. The van der Waals surface area contributed by atoms with Crippen molar-refractivity contribution in [2.45, 2.75) is 13.8 Å². The highest BCUT2D eigenvalue weighted by atomic mass is 16.6. The summed E-state index contributed by atoms with van der Waals surface area (Å²) in [5.41, 5.74) is 5.28. The van der Waals surface area contributed by atoms with Crippen molar-refractivity contribution in [1.82, 2.24) is 9.78 Å². The predicted octanol–water partition coefficient (Wildman–Crippen LogP) is 4.96. The number of amides is 1. The van der Waals surface area contributed by atoms with Gasteiger partial charge in [0.2, 0.25) is 0 Å². The van der Waals surface area contributed by atoms with Crippen LogP contribution in [-0.4, -0.2) is 35.4 Å². The molecule has 0 saturated heterocycles. The van der Waals surface area contributed by atoms with Crippen LogP contribution in [0.25, 0.3) is 16.9 Å². The van der Waals surface area contributed by atoms with Gasteiger partial charge in [0.25, 0.3) is 5.91 Å². The van der Waals surface area contributed by atoms with Crippen molar-refractivity contribution in [2.75, 3.05) is 19.0 Å². The second-order valence-electron chi connectivity index (χ2n) is 7.78. The van der Waals surface area contributed by atoms with E-state index in [1.54, 1.807) is 29.1 Å². The van der Waals surface area contributed by atoms with Crippen molar-refractivity contribution >= 4 is 17.6 Å². The van der Waals surface area contributed by atoms with Gasteiger partial charge in [-0.2, -0.15) is 5.10 Å². The lowest BCUT2D eigenvalue weighted by Crippen LogP contribution is -2.14. The lowest BCUT2D eigenvalue weighted by atomic mass is 10.0. The third-order valence-electron chi connectivity index (χ3n) is 5.41. The SMILES string of the molecule is COC(=O)COc1ccc(NC(=O)c2cn(-c3ccccc3)nc2-c2ccccc2C)c(C)c1. The molecule has 0 spiro atoms. The van der Waals surface area contributed by atoms with E-state index in [0.29, 0.717) is 22.7 Å². The van der Waals surface area contributed by atoms with E-state index in [0.717, 1.165) is 22.4 Å². The third-order valence-corrected chi connectivity index (χ3v) is 5.41. The molecule has 0 fully saturated rings. The first kappa shape index (κ1) is 22.8. The van der Waals surface area contributed by atoms with Crippen LogP contribution >= 0.6 is 0 Å². The number of benzene rings is 3. The Morgan fingerprint density at radius 3 is 2.38 bits per heavy atom. The van der Waals surface area contributed by atoms with Crippen molar-refractivity contribution in [1.29, 1.82) is 0 Å². The van der Waals surface area contributed by atoms with E-state index in [4.69, 9.17) is 9.84 Å². The van der Waals surface area contributed by atoms with Gasteiger partial charge in [-0.1, -0.05) is 42.5 Å². The molecule has 172 valence electrons. The Morgan fingerprint density at radius 2 is 1.68 bits per heavy atom. The van der Waals surface area contributed by atoms with E-state index >= 15 is 0 Å². The zero-order valence-electron chi connectivity index (χ0n) is 19.2. The summed E-state index contributed by atoms with van der Waals surface area (Å²) in [5, 5.41) is 7.74. The Balaban J connectivity index is 1.64. The smallest absolute Gasteiger partial charge is 0.343 e. The van der Waals surface area contributed by atoms with Crippen LogP contribution < -0.4 is 10.1 Å². The third kappa shape index (κ3) is 4.99. The minimum atomic E-state index is -0.464. The Bertz CT molecular complexity index is 1330. The minimum absolute atomic E-state index is 0.180. The molecule has 1 N–H and O–H groups in total. The van der Waals surface area contributed by atoms with Gasteiger partial charge in [-0.3, -0.25) is 4.79 Å². The monoisotopic (exact) mass is 455 g/mol. The predicted molar refractivity (Wildman–Crippen MR) is 130 cm³/mol. The second kappa shape index (κ2) is 10.0. The quantitative estimate of drug-likeness (QED) is 0.398. The first-order chi connectivity index (χ1) is 16.5. The van der Waals surface area contributed by atoms with Crippen molar-refractivity contribution < 1.29 is 19.1 Å². The summed E-state index contributed by atoms with van der Waals surface area (Å²) in [7, 11) is 1.31. The van der Waals surface area contributed by atoms with Crippen molar-refractivity contribution in [3.63, 3.8) is 0 Å². The molecular weight excluding hydrogens is 430 g/mol. The highest BCUT2D eigenvalue weighted by Gasteiger charge is 2.20. The fraction of sp³-hybridized carbons (Fsp3) is 0.148. The second-order valence-corrected chi connectivity index (χ2v) is 7.78. The fourth-order valence-electron chi connectivity index (χ4n) is 3.55. The average Bonchev–Trinajstić information content (AvgIpc) is 3.30. The van der Waals surface area contributed by atoms with E-state index in [1.807, 2.05) is 68.4 Å². The number of ether oxygens (including phenoxy) is 2. The van der Waals surface area contributed by atoms with Crippen LogP contribution in [-0.2, 0) is 9.53 Å². The van der Waals surface area contributed by atoms with Gasteiger partial charge in [0.05, 0.1) is 18.4 Å². The largest absolute Gasteiger partial charge is 0.482 e. The number of aryl methyl sites for hydroxylation is 2. The highest BCUT2D eigenvalue weighted by molar-refractivity contribution is 6.08. The van der Waals surface area contributed by atoms with Crippen LogP contribution in [0.4, 0.5) is 5.69 Å². The first-order valence-electron chi connectivity index (χ1n) is 10.8. The summed E-state index contributed by atoms with van der Waals surface area (Å²) in [5.74, 6) is -0.223. The number of esters is 1. The van der Waals surface area contributed by atoms with Crippen molar-refractivity contribution in [2.24, 2.45) is 0 Å². The van der Waals surface area contributed by atoms with Gasteiger partial charge in [0.15, 0.2) is 6.61 Å². The maximum Gasteiger partial charge on any atom is 0.343 e. The molecule has 0 saturated carbocycles. The molecule has 34 heavy (non-hydrogen) atoms. The summed E-state index contributed by atoms with van der Waals surface area (Å²) in [6.45, 7) is 3.67. The standard InChI is InChI=1S/C27H25N3O4/c1-18-9-7-8-12-22(18)26-23(16-30(29-26)20-10-5-4-6-11-20)27(32)28-24-14-13-21(15-19(24)2)34-17-25(31)33-3/h4-16H,17H2,1-3H3,(H,28,32). The molecule has 0 bridgehead atoms. The van der Waals surface area contributed by atoms with E-state index < -0.39 is 5.97 Å². The maximum absolute atomic E-state index is 13.4. The molecule has 0 radical (unpaired) electrons. The number of carbonyl (C=O) groups is 2. The molecule has 0 aliphatic rings. The Hall–Kier alpha value is -4.39. The summed E-state index contributed by atoms with van der Waals surface area (Å²) in [6, 6.07) is 22.7. The van der Waals surface area contributed by atoms with Crippen molar-refractivity contribution in [3.05, 3.63) is 95.7 Å².